The Morgan fingerprint density at radius 3 is 2.75 bits per heavy atom. The summed E-state index contributed by atoms with van der Waals surface area (Å²) in [5, 5.41) is 16.3. The standard InChI is InChI=1S/C13H18N2O3S2/c1-19-13(5-3-6-13)8-14-12(18)15-10(11(16)17)9-4-2-7-20-9/h2,4,7,10H,3,5-6,8H2,1H3,(H,16,17)(H2,14,15,18). The third kappa shape index (κ3) is 3.46. The van der Waals surface area contributed by atoms with Crippen molar-refractivity contribution < 1.29 is 14.7 Å². The maximum absolute atomic E-state index is 11.9. The number of thiophene rings is 1. The molecule has 1 atom stereocenters. The zero-order valence-electron chi connectivity index (χ0n) is 11.2. The molecule has 1 aliphatic rings. The third-order valence-electron chi connectivity index (χ3n) is 3.62. The maximum atomic E-state index is 11.9. The molecule has 1 aliphatic carbocycles. The molecule has 2 amide bonds. The van der Waals surface area contributed by atoms with Gasteiger partial charge in [0.2, 0.25) is 0 Å². The van der Waals surface area contributed by atoms with E-state index in [1.54, 1.807) is 29.3 Å². The average molecular weight is 314 g/mol. The summed E-state index contributed by atoms with van der Waals surface area (Å²) < 4.78 is 0.138. The minimum Gasteiger partial charge on any atom is -0.479 e. The minimum absolute atomic E-state index is 0.138. The van der Waals surface area contributed by atoms with Crippen LogP contribution >= 0.6 is 23.1 Å². The van der Waals surface area contributed by atoms with Crippen LogP contribution in [0.2, 0.25) is 0 Å². The Kier molecular flexibility index (Phi) is 4.93. The van der Waals surface area contributed by atoms with Crippen LogP contribution in [0, 0.1) is 0 Å². The van der Waals surface area contributed by atoms with E-state index in [9.17, 15) is 14.7 Å². The molecule has 1 heterocycles. The number of hydrogen-bond acceptors (Lipinski definition) is 4. The van der Waals surface area contributed by atoms with E-state index in [0.29, 0.717) is 11.4 Å². The van der Waals surface area contributed by atoms with Crippen molar-refractivity contribution >= 4 is 35.1 Å². The first-order chi connectivity index (χ1) is 9.56. The van der Waals surface area contributed by atoms with Gasteiger partial charge in [0.15, 0.2) is 6.04 Å². The van der Waals surface area contributed by atoms with Gasteiger partial charge in [0.05, 0.1) is 0 Å². The first kappa shape index (κ1) is 15.2. The number of aliphatic carboxylic acids is 1. The molecule has 3 N–H and O–H groups in total. The van der Waals surface area contributed by atoms with Crippen molar-refractivity contribution in [3.05, 3.63) is 22.4 Å². The van der Waals surface area contributed by atoms with Crippen LogP contribution in [0.15, 0.2) is 17.5 Å². The summed E-state index contributed by atoms with van der Waals surface area (Å²) >= 11 is 3.08. The van der Waals surface area contributed by atoms with Crippen LogP contribution in [-0.4, -0.2) is 34.7 Å². The summed E-state index contributed by atoms with van der Waals surface area (Å²) in [6.07, 6.45) is 5.44. The molecule has 1 aromatic rings. The Hall–Kier alpha value is -1.21. The van der Waals surface area contributed by atoms with E-state index in [4.69, 9.17) is 0 Å². The molecule has 1 saturated carbocycles. The number of thioether (sulfide) groups is 1. The van der Waals surface area contributed by atoms with E-state index < -0.39 is 18.0 Å². The van der Waals surface area contributed by atoms with Gasteiger partial charge in [-0.2, -0.15) is 11.8 Å². The summed E-state index contributed by atoms with van der Waals surface area (Å²) in [7, 11) is 0. The first-order valence-corrected chi connectivity index (χ1v) is 8.52. The smallest absolute Gasteiger partial charge is 0.331 e. The predicted octanol–water partition coefficient (Wildman–Crippen LogP) is 2.46. The lowest BCUT2D eigenvalue weighted by Crippen LogP contribution is -2.49. The van der Waals surface area contributed by atoms with Gasteiger partial charge in [-0.25, -0.2) is 9.59 Å². The molecule has 0 radical (unpaired) electrons. The number of carbonyl (C=O) groups excluding carboxylic acids is 1. The molecule has 1 fully saturated rings. The highest BCUT2D eigenvalue weighted by Crippen LogP contribution is 2.42. The van der Waals surface area contributed by atoms with Gasteiger partial charge in [0.25, 0.3) is 0 Å². The highest BCUT2D eigenvalue weighted by atomic mass is 32.2. The molecular weight excluding hydrogens is 296 g/mol. The number of nitrogens with one attached hydrogen (secondary N) is 2. The Morgan fingerprint density at radius 1 is 1.55 bits per heavy atom. The van der Waals surface area contributed by atoms with Crippen molar-refractivity contribution in [2.75, 3.05) is 12.8 Å². The van der Waals surface area contributed by atoms with Gasteiger partial charge in [0, 0.05) is 16.2 Å². The second-order valence-electron chi connectivity index (χ2n) is 4.85. The fraction of sp³-hybridized carbons (Fsp3) is 0.538. The van der Waals surface area contributed by atoms with Crippen LogP contribution in [0.4, 0.5) is 4.79 Å². The second kappa shape index (κ2) is 6.49. The summed E-state index contributed by atoms with van der Waals surface area (Å²) in [5.74, 6) is -1.05. The Balaban J connectivity index is 1.87. The summed E-state index contributed by atoms with van der Waals surface area (Å²) in [4.78, 5) is 23.7. The SMILES string of the molecule is CSC1(CNC(=O)NC(C(=O)O)c2cccs2)CCC1. The van der Waals surface area contributed by atoms with Crippen molar-refractivity contribution in [3.8, 4) is 0 Å². The molecule has 0 bridgehead atoms. The largest absolute Gasteiger partial charge is 0.479 e. The zero-order valence-corrected chi connectivity index (χ0v) is 12.9. The van der Waals surface area contributed by atoms with Crippen LogP contribution in [-0.2, 0) is 4.79 Å². The monoisotopic (exact) mass is 314 g/mol. The molecule has 0 saturated heterocycles. The third-order valence-corrected chi connectivity index (χ3v) is 5.97. The van der Waals surface area contributed by atoms with Crippen LogP contribution < -0.4 is 10.6 Å². The molecular formula is C13H18N2O3S2. The Labute approximate surface area is 126 Å². The van der Waals surface area contributed by atoms with Gasteiger partial charge in [-0.1, -0.05) is 12.5 Å². The lowest BCUT2D eigenvalue weighted by molar-refractivity contribution is -0.139. The van der Waals surface area contributed by atoms with E-state index in [-0.39, 0.29) is 4.75 Å². The Morgan fingerprint density at radius 2 is 2.30 bits per heavy atom. The van der Waals surface area contributed by atoms with E-state index in [2.05, 4.69) is 10.6 Å². The molecule has 2 rings (SSSR count). The summed E-state index contributed by atoms with van der Waals surface area (Å²) in [6, 6.07) is 2.07. The predicted molar refractivity (Wildman–Crippen MR) is 81.3 cm³/mol. The van der Waals surface area contributed by atoms with Gasteiger partial charge >= 0.3 is 12.0 Å². The van der Waals surface area contributed by atoms with Crippen molar-refractivity contribution in [2.24, 2.45) is 0 Å². The molecule has 0 aliphatic heterocycles. The lowest BCUT2D eigenvalue weighted by atomic mass is 9.84. The fourth-order valence-electron chi connectivity index (χ4n) is 2.16. The van der Waals surface area contributed by atoms with Crippen LogP contribution in [0.3, 0.4) is 0 Å². The van der Waals surface area contributed by atoms with Crippen molar-refractivity contribution in [1.29, 1.82) is 0 Å². The number of urea groups is 1. The summed E-state index contributed by atoms with van der Waals surface area (Å²) in [5.41, 5.74) is 0. The molecule has 0 aromatic carbocycles. The minimum atomic E-state index is -1.05. The Bertz CT molecular complexity index is 466. The van der Waals surface area contributed by atoms with Gasteiger partial charge in [-0.15, -0.1) is 11.3 Å². The molecule has 5 nitrogen and oxygen atoms in total. The molecule has 1 unspecified atom stereocenters. The summed E-state index contributed by atoms with van der Waals surface area (Å²) in [6.45, 7) is 0.580. The molecule has 20 heavy (non-hydrogen) atoms. The number of carbonyl (C=O) groups is 2. The number of carboxylic acid groups (broad SMARTS) is 1. The lowest BCUT2D eigenvalue weighted by Gasteiger charge is -2.40. The quantitative estimate of drug-likeness (QED) is 0.753. The van der Waals surface area contributed by atoms with Crippen molar-refractivity contribution in [1.82, 2.24) is 10.6 Å². The average Bonchev–Trinajstić information content (AvgIpc) is 2.88. The van der Waals surface area contributed by atoms with E-state index in [1.165, 1.54) is 17.8 Å². The van der Waals surface area contributed by atoms with Crippen molar-refractivity contribution in [3.63, 3.8) is 0 Å². The van der Waals surface area contributed by atoms with Crippen LogP contribution in [0.1, 0.15) is 30.2 Å². The van der Waals surface area contributed by atoms with Gasteiger partial charge in [-0.05, 0) is 30.5 Å². The van der Waals surface area contributed by atoms with Gasteiger partial charge < -0.3 is 15.7 Å². The highest BCUT2D eigenvalue weighted by molar-refractivity contribution is 8.00. The van der Waals surface area contributed by atoms with E-state index >= 15 is 0 Å². The molecule has 1 aromatic heterocycles. The van der Waals surface area contributed by atoms with E-state index in [1.807, 2.05) is 6.26 Å². The van der Waals surface area contributed by atoms with Crippen molar-refractivity contribution in [2.45, 2.75) is 30.1 Å². The number of rotatable bonds is 6. The van der Waals surface area contributed by atoms with Gasteiger partial charge in [-0.3, -0.25) is 0 Å². The number of amides is 2. The van der Waals surface area contributed by atoms with Gasteiger partial charge in [0.1, 0.15) is 0 Å². The molecule has 7 heteroatoms. The second-order valence-corrected chi connectivity index (χ2v) is 7.11. The van der Waals surface area contributed by atoms with Crippen LogP contribution in [0.25, 0.3) is 0 Å². The molecule has 110 valence electrons. The topological polar surface area (TPSA) is 78.4 Å². The number of hydrogen-bond donors (Lipinski definition) is 3. The highest BCUT2D eigenvalue weighted by Gasteiger charge is 2.36. The maximum Gasteiger partial charge on any atom is 0.331 e. The first-order valence-electron chi connectivity index (χ1n) is 6.42. The van der Waals surface area contributed by atoms with Crippen LogP contribution in [0.5, 0.6) is 0 Å². The fourth-order valence-corrected chi connectivity index (χ4v) is 3.84. The number of carboxylic acids is 1. The zero-order chi connectivity index (χ0) is 14.6. The molecule has 0 spiro atoms. The normalized spacial score (nSPS) is 17.9. The van der Waals surface area contributed by atoms with E-state index in [0.717, 1.165) is 12.8 Å².